The molecule has 5 nitrogen and oxygen atoms in total. The fraction of sp³-hybridized carbons (Fsp3) is 0.200. The summed E-state index contributed by atoms with van der Waals surface area (Å²) < 4.78 is 8.18. The van der Waals surface area contributed by atoms with Crippen LogP contribution in [0.4, 0.5) is 5.69 Å². The molecule has 132 valence electrons. The van der Waals surface area contributed by atoms with Crippen molar-refractivity contribution in [1.82, 2.24) is 9.55 Å². The van der Waals surface area contributed by atoms with Gasteiger partial charge in [-0.2, -0.15) is 0 Å². The van der Waals surface area contributed by atoms with E-state index in [4.69, 9.17) is 4.74 Å². The number of aryl methyl sites for hydroxylation is 1. The van der Waals surface area contributed by atoms with Crippen LogP contribution in [0.25, 0.3) is 11.3 Å². The highest BCUT2D eigenvalue weighted by atomic mass is 79.9. The zero-order chi connectivity index (χ0) is 18.1. The van der Waals surface area contributed by atoms with E-state index in [1.165, 1.54) is 0 Å². The van der Waals surface area contributed by atoms with Gasteiger partial charge >= 0.3 is 0 Å². The Labute approximate surface area is 160 Å². The van der Waals surface area contributed by atoms with E-state index in [1.807, 2.05) is 30.5 Å². The van der Waals surface area contributed by atoms with Gasteiger partial charge in [-0.15, -0.1) is 0 Å². The summed E-state index contributed by atoms with van der Waals surface area (Å²) in [7, 11) is 1.58. The van der Waals surface area contributed by atoms with E-state index < -0.39 is 0 Å². The van der Waals surface area contributed by atoms with Crippen LogP contribution in [0.2, 0.25) is 0 Å². The Kier molecular flexibility index (Phi) is 4.51. The number of halogens is 1. The number of imidazole rings is 1. The summed E-state index contributed by atoms with van der Waals surface area (Å²) in [5.41, 5.74) is 3.51. The number of benzene rings is 2. The van der Waals surface area contributed by atoms with Crippen molar-refractivity contribution >= 4 is 27.5 Å². The largest absolute Gasteiger partial charge is 0.497 e. The van der Waals surface area contributed by atoms with Gasteiger partial charge in [-0.1, -0.05) is 12.1 Å². The summed E-state index contributed by atoms with van der Waals surface area (Å²) in [6.07, 6.45) is 4.12. The predicted molar refractivity (Wildman–Crippen MR) is 105 cm³/mol. The lowest BCUT2D eigenvalue weighted by Crippen LogP contribution is -2.12. The minimum absolute atomic E-state index is 0.186. The molecule has 0 spiro atoms. The second-order valence-corrected chi connectivity index (χ2v) is 7.05. The number of anilines is 1. The van der Waals surface area contributed by atoms with Gasteiger partial charge in [0.05, 0.1) is 24.6 Å². The van der Waals surface area contributed by atoms with E-state index in [0.29, 0.717) is 11.3 Å². The van der Waals surface area contributed by atoms with Crippen LogP contribution < -0.4 is 10.1 Å². The van der Waals surface area contributed by atoms with Crippen LogP contribution in [0.5, 0.6) is 5.75 Å². The molecule has 0 saturated heterocycles. The Hall–Kier alpha value is -2.60. The van der Waals surface area contributed by atoms with E-state index in [1.54, 1.807) is 25.3 Å². The highest BCUT2D eigenvalue weighted by Crippen LogP contribution is 2.27. The van der Waals surface area contributed by atoms with Crippen molar-refractivity contribution in [1.29, 1.82) is 0 Å². The van der Waals surface area contributed by atoms with Crippen molar-refractivity contribution in [2.75, 3.05) is 12.4 Å². The first-order valence-corrected chi connectivity index (χ1v) is 9.25. The third kappa shape index (κ3) is 3.12. The molecule has 1 N–H and O–H groups in total. The first-order valence-electron chi connectivity index (χ1n) is 8.45. The van der Waals surface area contributed by atoms with Crippen LogP contribution in [-0.2, 0) is 13.0 Å². The van der Waals surface area contributed by atoms with Crippen molar-refractivity contribution in [3.8, 4) is 17.0 Å². The average Bonchev–Trinajstić information content (AvgIpc) is 3.26. The van der Waals surface area contributed by atoms with Crippen molar-refractivity contribution in [2.24, 2.45) is 0 Å². The molecule has 0 atom stereocenters. The van der Waals surface area contributed by atoms with E-state index >= 15 is 0 Å². The van der Waals surface area contributed by atoms with Crippen LogP contribution in [-0.4, -0.2) is 22.6 Å². The smallest absolute Gasteiger partial charge is 0.256 e. The Morgan fingerprint density at radius 1 is 1.23 bits per heavy atom. The molecule has 0 aliphatic carbocycles. The highest BCUT2D eigenvalue weighted by molar-refractivity contribution is 9.10. The number of carbonyl (C=O) groups excluding carboxylic acids is 1. The average molecular weight is 412 g/mol. The van der Waals surface area contributed by atoms with E-state index in [-0.39, 0.29) is 5.91 Å². The van der Waals surface area contributed by atoms with Gasteiger partial charge in [-0.3, -0.25) is 4.79 Å². The van der Waals surface area contributed by atoms with Crippen LogP contribution in [0.1, 0.15) is 22.6 Å². The molecule has 1 aliphatic rings. The second-order valence-electron chi connectivity index (χ2n) is 6.19. The SMILES string of the molecule is COc1ccc(Br)c(C(=O)Nc2ccc(-c3cnc4n3CCC4)cc2)c1. The Morgan fingerprint density at radius 3 is 2.81 bits per heavy atom. The molecular formula is C20H18BrN3O2. The van der Waals surface area contributed by atoms with Crippen LogP contribution in [0.3, 0.4) is 0 Å². The third-order valence-electron chi connectivity index (χ3n) is 4.58. The van der Waals surface area contributed by atoms with Gasteiger partial charge in [-0.25, -0.2) is 4.98 Å². The van der Waals surface area contributed by atoms with Gasteiger partial charge in [0.1, 0.15) is 11.6 Å². The van der Waals surface area contributed by atoms with Gasteiger partial charge in [0.25, 0.3) is 5.91 Å². The lowest BCUT2D eigenvalue weighted by molar-refractivity contribution is 0.102. The Morgan fingerprint density at radius 2 is 2.04 bits per heavy atom. The van der Waals surface area contributed by atoms with Crippen molar-refractivity contribution in [3.05, 3.63) is 64.5 Å². The molecule has 2 heterocycles. The number of nitrogens with one attached hydrogen (secondary N) is 1. The number of hydrogen-bond donors (Lipinski definition) is 1. The number of carbonyl (C=O) groups is 1. The molecule has 1 aliphatic heterocycles. The van der Waals surface area contributed by atoms with E-state index in [2.05, 4.69) is 30.8 Å². The fourth-order valence-corrected chi connectivity index (χ4v) is 3.64. The zero-order valence-electron chi connectivity index (χ0n) is 14.3. The molecule has 3 aromatic rings. The summed E-state index contributed by atoms with van der Waals surface area (Å²) in [6.45, 7) is 1.02. The molecule has 4 rings (SSSR count). The lowest BCUT2D eigenvalue weighted by Gasteiger charge is -2.10. The topological polar surface area (TPSA) is 56.1 Å². The maximum Gasteiger partial charge on any atom is 0.256 e. The standard InChI is InChI=1S/C20H18BrN3O2/c1-26-15-8-9-17(21)16(11-15)20(25)23-14-6-4-13(5-7-14)18-12-22-19-3-2-10-24(18)19/h4-9,11-12H,2-3,10H2,1H3,(H,23,25). The van der Waals surface area contributed by atoms with E-state index in [9.17, 15) is 4.79 Å². The molecule has 1 amide bonds. The third-order valence-corrected chi connectivity index (χ3v) is 5.27. The minimum Gasteiger partial charge on any atom is -0.497 e. The first kappa shape index (κ1) is 16.8. The summed E-state index contributed by atoms with van der Waals surface area (Å²) in [6, 6.07) is 13.2. The van der Waals surface area contributed by atoms with Crippen molar-refractivity contribution in [2.45, 2.75) is 19.4 Å². The predicted octanol–water partition coefficient (Wildman–Crippen LogP) is 4.52. The highest BCUT2D eigenvalue weighted by Gasteiger charge is 2.17. The molecule has 0 unspecified atom stereocenters. The summed E-state index contributed by atoms with van der Waals surface area (Å²) in [5.74, 6) is 1.61. The maximum absolute atomic E-state index is 12.6. The monoisotopic (exact) mass is 411 g/mol. The molecule has 0 fully saturated rings. The van der Waals surface area contributed by atoms with Gasteiger partial charge in [0, 0.05) is 23.1 Å². The molecular weight excluding hydrogens is 394 g/mol. The summed E-state index contributed by atoms with van der Waals surface area (Å²) in [5, 5.41) is 2.93. The maximum atomic E-state index is 12.6. The minimum atomic E-state index is -0.186. The number of nitrogens with zero attached hydrogens (tertiary/aromatic N) is 2. The number of amides is 1. The zero-order valence-corrected chi connectivity index (χ0v) is 15.9. The van der Waals surface area contributed by atoms with Gasteiger partial charge in [0.2, 0.25) is 0 Å². The lowest BCUT2D eigenvalue weighted by atomic mass is 10.1. The quantitative estimate of drug-likeness (QED) is 0.686. The number of methoxy groups -OCH3 is 1. The normalized spacial score (nSPS) is 12.7. The van der Waals surface area contributed by atoms with Crippen LogP contribution in [0.15, 0.2) is 53.1 Å². The summed E-state index contributed by atoms with van der Waals surface area (Å²) >= 11 is 3.41. The molecule has 2 aromatic carbocycles. The molecule has 1 aromatic heterocycles. The molecule has 26 heavy (non-hydrogen) atoms. The Bertz CT molecular complexity index is 964. The van der Waals surface area contributed by atoms with Gasteiger partial charge in [0.15, 0.2) is 0 Å². The van der Waals surface area contributed by atoms with Gasteiger partial charge < -0.3 is 14.6 Å². The number of ether oxygens (including phenoxy) is 1. The van der Waals surface area contributed by atoms with Crippen LogP contribution >= 0.6 is 15.9 Å². The molecule has 0 radical (unpaired) electrons. The first-order chi connectivity index (χ1) is 12.7. The number of hydrogen-bond acceptors (Lipinski definition) is 3. The van der Waals surface area contributed by atoms with Crippen molar-refractivity contribution < 1.29 is 9.53 Å². The molecule has 6 heteroatoms. The summed E-state index contributed by atoms with van der Waals surface area (Å²) in [4.78, 5) is 17.0. The van der Waals surface area contributed by atoms with E-state index in [0.717, 1.165) is 46.6 Å². The second kappa shape index (κ2) is 6.96. The number of rotatable bonds is 4. The van der Waals surface area contributed by atoms with Gasteiger partial charge in [-0.05, 0) is 58.2 Å². The Balaban J connectivity index is 1.53. The molecule has 0 bridgehead atoms. The van der Waals surface area contributed by atoms with Crippen molar-refractivity contribution in [3.63, 3.8) is 0 Å². The fourth-order valence-electron chi connectivity index (χ4n) is 3.22. The molecule has 0 saturated carbocycles. The van der Waals surface area contributed by atoms with Crippen LogP contribution in [0, 0.1) is 0 Å². The number of fused-ring (bicyclic) bond motifs is 1. The number of aromatic nitrogens is 2.